The Kier molecular flexibility index (Phi) is 4.55. The molecule has 0 N–H and O–H groups in total. The molecule has 3 heterocycles. The molecule has 0 spiro atoms. The molecule has 10 heteroatoms. The maximum atomic E-state index is 13.0. The van der Waals surface area contributed by atoms with E-state index >= 15 is 0 Å². The lowest BCUT2D eigenvalue weighted by atomic mass is 10.1. The summed E-state index contributed by atoms with van der Waals surface area (Å²) in [5.74, 6) is -0.741. The van der Waals surface area contributed by atoms with Crippen LogP contribution in [0.5, 0.6) is 0 Å². The molecule has 0 saturated carbocycles. The van der Waals surface area contributed by atoms with Gasteiger partial charge in [-0.1, -0.05) is 28.1 Å². The van der Waals surface area contributed by atoms with E-state index in [0.717, 1.165) is 14.6 Å². The number of rotatable bonds is 2. The molecule has 1 fully saturated rings. The second kappa shape index (κ2) is 6.75. The van der Waals surface area contributed by atoms with E-state index in [1.807, 2.05) is 29.2 Å². The van der Waals surface area contributed by atoms with E-state index in [2.05, 4.69) is 31.0 Å². The van der Waals surface area contributed by atoms with E-state index in [-0.39, 0.29) is 11.9 Å². The molecule has 1 saturated heterocycles. The van der Waals surface area contributed by atoms with Crippen LogP contribution >= 0.6 is 15.9 Å². The molecule has 1 atom stereocenters. The summed E-state index contributed by atoms with van der Waals surface area (Å²) < 4.78 is 47.0. The zero-order valence-corrected chi connectivity index (χ0v) is 15.8. The number of morpholine rings is 1. The Hall–Kier alpha value is -2.20. The molecule has 1 unspecified atom stereocenters. The lowest BCUT2D eigenvalue weighted by molar-refractivity contribution is -0.144. The van der Waals surface area contributed by atoms with Crippen molar-refractivity contribution >= 4 is 27.5 Å². The number of hydrogen-bond acceptors (Lipinski definition) is 5. The summed E-state index contributed by atoms with van der Waals surface area (Å²) in [4.78, 5) is 9.57. The van der Waals surface area contributed by atoms with Crippen molar-refractivity contribution in [2.75, 3.05) is 24.6 Å². The zero-order valence-electron chi connectivity index (χ0n) is 14.2. The van der Waals surface area contributed by atoms with Gasteiger partial charge in [0, 0.05) is 29.3 Å². The summed E-state index contributed by atoms with van der Waals surface area (Å²) >= 11 is 3.40. The molecule has 1 aromatic carbocycles. The summed E-state index contributed by atoms with van der Waals surface area (Å²) in [5, 5.41) is 3.64. The van der Waals surface area contributed by atoms with Crippen molar-refractivity contribution in [1.29, 1.82) is 0 Å². The first-order valence-corrected chi connectivity index (χ1v) is 9.04. The Morgan fingerprint density at radius 2 is 1.93 bits per heavy atom. The molecule has 1 aliphatic heterocycles. The number of alkyl halides is 3. The summed E-state index contributed by atoms with van der Waals surface area (Å²) in [7, 11) is 0. The lowest BCUT2D eigenvalue weighted by Gasteiger charge is -2.34. The van der Waals surface area contributed by atoms with E-state index in [9.17, 15) is 13.2 Å². The Morgan fingerprint density at radius 1 is 1.19 bits per heavy atom. The van der Waals surface area contributed by atoms with Gasteiger partial charge in [0.15, 0.2) is 0 Å². The molecule has 142 valence electrons. The third-order valence-electron chi connectivity index (χ3n) is 4.31. The fourth-order valence-corrected chi connectivity index (χ4v) is 3.31. The largest absolute Gasteiger partial charge is 0.453 e. The van der Waals surface area contributed by atoms with E-state index in [1.54, 1.807) is 13.0 Å². The molecule has 1 aliphatic rings. The average molecular weight is 442 g/mol. The predicted octanol–water partition coefficient (Wildman–Crippen LogP) is 3.79. The van der Waals surface area contributed by atoms with Crippen LogP contribution in [0.1, 0.15) is 23.2 Å². The standard InChI is InChI=1S/C17H15BrF3N5O/c1-10-8-14(26-16(22-10)23-15(24-26)17(19,20)21)25-6-7-27-13(9-25)11-2-4-12(18)5-3-11/h2-5,8,13H,6-7,9H2,1H3. The zero-order chi connectivity index (χ0) is 19.2. The number of fused-ring (bicyclic) bond motifs is 1. The number of nitrogens with zero attached hydrogens (tertiary/aromatic N) is 5. The van der Waals surface area contributed by atoms with E-state index in [0.29, 0.717) is 31.2 Å². The molecule has 2 aromatic heterocycles. The highest BCUT2D eigenvalue weighted by atomic mass is 79.9. The Labute approximate surface area is 161 Å². The Morgan fingerprint density at radius 3 is 2.63 bits per heavy atom. The minimum Gasteiger partial charge on any atom is -0.370 e. The van der Waals surface area contributed by atoms with Crippen LogP contribution in [0.25, 0.3) is 5.78 Å². The van der Waals surface area contributed by atoms with Gasteiger partial charge >= 0.3 is 6.18 Å². The number of halogens is 4. The van der Waals surface area contributed by atoms with Crippen LogP contribution in [-0.2, 0) is 10.9 Å². The van der Waals surface area contributed by atoms with Gasteiger partial charge in [-0.25, -0.2) is 4.98 Å². The lowest BCUT2D eigenvalue weighted by Crippen LogP contribution is -2.39. The first-order chi connectivity index (χ1) is 12.8. The van der Waals surface area contributed by atoms with Crippen LogP contribution in [0.15, 0.2) is 34.8 Å². The minimum atomic E-state index is -4.62. The molecule has 27 heavy (non-hydrogen) atoms. The van der Waals surface area contributed by atoms with Gasteiger partial charge in [0.2, 0.25) is 0 Å². The summed E-state index contributed by atoms with van der Waals surface area (Å²) in [6.07, 6.45) is -4.81. The molecule has 0 aliphatic carbocycles. The number of ether oxygens (including phenoxy) is 1. The molecular formula is C17H15BrF3N5O. The van der Waals surface area contributed by atoms with Crippen molar-refractivity contribution < 1.29 is 17.9 Å². The SMILES string of the molecule is Cc1cc(N2CCOC(c3ccc(Br)cc3)C2)n2nc(C(F)(F)F)nc2n1. The van der Waals surface area contributed by atoms with Crippen molar-refractivity contribution in [2.24, 2.45) is 0 Å². The maximum absolute atomic E-state index is 13.0. The minimum absolute atomic E-state index is 0.0657. The fourth-order valence-electron chi connectivity index (χ4n) is 3.05. The van der Waals surface area contributed by atoms with Crippen LogP contribution in [0, 0.1) is 6.92 Å². The molecule has 0 bridgehead atoms. The van der Waals surface area contributed by atoms with Gasteiger partial charge in [0.1, 0.15) is 11.9 Å². The fraction of sp³-hybridized carbons (Fsp3) is 0.353. The first kappa shape index (κ1) is 18.2. The van der Waals surface area contributed by atoms with Crippen LogP contribution < -0.4 is 4.90 Å². The maximum Gasteiger partial charge on any atom is 0.453 e. The van der Waals surface area contributed by atoms with Gasteiger partial charge in [-0.3, -0.25) is 0 Å². The average Bonchev–Trinajstić information content (AvgIpc) is 3.06. The summed E-state index contributed by atoms with van der Waals surface area (Å²) in [5.41, 5.74) is 1.57. The Balaban J connectivity index is 1.70. The van der Waals surface area contributed by atoms with Gasteiger partial charge < -0.3 is 9.64 Å². The van der Waals surface area contributed by atoms with Crippen LogP contribution in [0.2, 0.25) is 0 Å². The van der Waals surface area contributed by atoms with Gasteiger partial charge in [0.05, 0.1) is 6.61 Å². The van der Waals surface area contributed by atoms with E-state index in [4.69, 9.17) is 4.74 Å². The van der Waals surface area contributed by atoms with Crippen molar-refractivity contribution in [1.82, 2.24) is 19.6 Å². The van der Waals surface area contributed by atoms with Crippen LogP contribution in [0.3, 0.4) is 0 Å². The molecule has 0 radical (unpaired) electrons. The highest BCUT2D eigenvalue weighted by Crippen LogP contribution is 2.30. The topological polar surface area (TPSA) is 55.6 Å². The second-order valence-electron chi connectivity index (χ2n) is 6.26. The smallest absolute Gasteiger partial charge is 0.370 e. The highest BCUT2D eigenvalue weighted by Gasteiger charge is 2.37. The third kappa shape index (κ3) is 3.63. The number of anilines is 1. The molecule has 4 rings (SSSR count). The molecule has 3 aromatic rings. The van der Waals surface area contributed by atoms with Crippen molar-refractivity contribution in [2.45, 2.75) is 19.2 Å². The molecule has 0 amide bonds. The first-order valence-electron chi connectivity index (χ1n) is 8.25. The van der Waals surface area contributed by atoms with Crippen LogP contribution in [0.4, 0.5) is 19.0 Å². The monoisotopic (exact) mass is 441 g/mol. The number of hydrogen-bond donors (Lipinski definition) is 0. The van der Waals surface area contributed by atoms with E-state index < -0.39 is 12.0 Å². The number of aryl methyl sites for hydroxylation is 1. The van der Waals surface area contributed by atoms with Gasteiger partial charge in [-0.15, -0.1) is 5.10 Å². The molecule has 6 nitrogen and oxygen atoms in total. The highest BCUT2D eigenvalue weighted by molar-refractivity contribution is 9.10. The van der Waals surface area contributed by atoms with Gasteiger partial charge in [-0.05, 0) is 24.6 Å². The van der Waals surface area contributed by atoms with Gasteiger partial charge in [0.25, 0.3) is 11.6 Å². The van der Waals surface area contributed by atoms with Crippen LogP contribution in [-0.4, -0.2) is 39.3 Å². The second-order valence-corrected chi connectivity index (χ2v) is 7.17. The van der Waals surface area contributed by atoms with Crippen molar-refractivity contribution in [3.63, 3.8) is 0 Å². The van der Waals surface area contributed by atoms with Gasteiger partial charge in [-0.2, -0.15) is 22.7 Å². The van der Waals surface area contributed by atoms with Crippen molar-refractivity contribution in [3.8, 4) is 0 Å². The molecular weight excluding hydrogens is 427 g/mol. The quantitative estimate of drug-likeness (QED) is 0.605. The summed E-state index contributed by atoms with van der Waals surface area (Å²) in [6, 6.07) is 9.50. The Bertz CT molecular complexity index is 973. The third-order valence-corrected chi connectivity index (χ3v) is 4.84. The predicted molar refractivity (Wildman–Crippen MR) is 95.6 cm³/mol. The van der Waals surface area contributed by atoms with Crippen molar-refractivity contribution in [3.05, 3.63) is 51.9 Å². The normalized spacial score (nSPS) is 18.3. The number of benzene rings is 1. The van der Waals surface area contributed by atoms with E-state index in [1.165, 1.54) is 0 Å². The number of aromatic nitrogens is 4. The summed E-state index contributed by atoms with van der Waals surface area (Å²) in [6.45, 7) is 3.19.